The summed E-state index contributed by atoms with van der Waals surface area (Å²) in [5.41, 5.74) is 0. The molecule has 0 bridgehead atoms. The summed E-state index contributed by atoms with van der Waals surface area (Å²) in [6.07, 6.45) is -1.62. The SMILES string of the molecule is C=CS(=O)(=O)NC(=O)O. The number of carboxylic acid groups (broad SMARTS) is 1. The quantitative estimate of drug-likeness (QED) is 0.568. The number of hydrogen-bond donors (Lipinski definition) is 2. The molecule has 0 aliphatic rings. The smallest absolute Gasteiger partial charge is 0.418 e. The van der Waals surface area contributed by atoms with E-state index in [4.69, 9.17) is 5.11 Å². The number of carbonyl (C=O) groups is 1. The lowest BCUT2D eigenvalue weighted by atomic mass is 11.3. The minimum Gasteiger partial charge on any atom is -0.464 e. The van der Waals surface area contributed by atoms with Gasteiger partial charge in [0.2, 0.25) is 0 Å². The number of rotatable bonds is 2. The van der Waals surface area contributed by atoms with Crippen LogP contribution in [0.1, 0.15) is 0 Å². The Bertz CT molecular complexity index is 216. The lowest BCUT2D eigenvalue weighted by molar-refractivity contribution is 0.201. The van der Waals surface area contributed by atoms with E-state index < -0.39 is 16.1 Å². The van der Waals surface area contributed by atoms with E-state index in [1.807, 2.05) is 0 Å². The summed E-state index contributed by atoms with van der Waals surface area (Å²) < 4.78 is 21.6. The molecule has 0 saturated heterocycles. The summed E-state index contributed by atoms with van der Waals surface area (Å²) >= 11 is 0. The predicted octanol–water partition coefficient (Wildman–Crippen LogP) is -0.273. The average molecular weight is 151 g/mol. The van der Waals surface area contributed by atoms with Gasteiger partial charge in [-0.25, -0.2) is 17.9 Å². The summed E-state index contributed by atoms with van der Waals surface area (Å²) in [4.78, 5) is 9.64. The first-order chi connectivity index (χ1) is 3.98. The highest BCUT2D eigenvalue weighted by Gasteiger charge is 2.05. The van der Waals surface area contributed by atoms with Crippen molar-refractivity contribution in [2.24, 2.45) is 0 Å². The molecule has 0 aliphatic heterocycles. The van der Waals surface area contributed by atoms with Gasteiger partial charge in [0, 0.05) is 5.41 Å². The molecule has 0 aliphatic carbocycles. The van der Waals surface area contributed by atoms with Crippen LogP contribution in [-0.2, 0) is 10.0 Å². The average Bonchev–Trinajstić information content (AvgIpc) is 1.63. The Kier molecular flexibility index (Phi) is 2.20. The Morgan fingerprint density at radius 3 is 2.22 bits per heavy atom. The molecule has 2 N–H and O–H groups in total. The number of nitrogens with one attached hydrogen (secondary N) is 1. The molecule has 6 heteroatoms. The molecule has 0 aromatic rings. The minimum atomic E-state index is -3.80. The fraction of sp³-hybridized carbons (Fsp3) is 0. The Hall–Kier alpha value is -1.04. The van der Waals surface area contributed by atoms with Crippen LogP contribution in [0.5, 0.6) is 0 Å². The van der Waals surface area contributed by atoms with E-state index in [0.717, 1.165) is 0 Å². The third-order valence-electron chi connectivity index (χ3n) is 0.449. The molecular formula is C3H5NO4S. The van der Waals surface area contributed by atoms with E-state index in [9.17, 15) is 13.2 Å². The van der Waals surface area contributed by atoms with Crippen LogP contribution in [0.4, 0.5) is 4.79 Å². The molecule has 0 radical (unpaired) electrons. The number of hydrogen-bond acceptors (Lipinski definition) is 3. The van der Waals surface area contributed by atoms with Crippen molar-refractivity contribution in [2.45, 2.75) is 0 Å². The summed E-state index contributed by atoms with van der Waals surface area (Å²) in [7, 11) is -3.80. The van der Waals surface area contributed by atoms with Crippen molar-refractivity contribution < 1.29 is 18.3 Å². The number of sulfonamides is 1. The largest absolute Gasteiger partial charge is 0.464 e. The van der Waals surface area contributed by atoms with Gasteiger partial charge in [0.05, 0.1) is 0 Å². The van der Waals surface area contributed by atoms with E-state index in [0.29, 0.717) is 5.41 Å². The van der Waals surface area contributed by atoms with E-state index >= 15 is 0 Å². The molecule has 5 nitrogen and oxygen atoms in total. The van der Waals surface area contributed by atoms with Gasteiger partial charge in [-0.3, -0.25) is 0 Å². The lowest BCUT2D eigenvalue weighted by Crippen LogP contribution is -2.26. The van der Waals surface area contributed by atoms with Crippen LogP contribution in [0.3, 0.4) is 0 Å². The zero-order valence-electron chi connectivity index (χ0n) is 4.36. The van der Waals surface area contributed by atoms with Crippen molar-refractivity contribution >= 4 is 16.1 Å². The molecule has 1 amide bonds. The van der Waals surface area contributed by atoms with Crippen molar-refractivity contribution in [1.82, 2.24) is 4.72 Å². The summed E-state index contributed by atoms with van der Waals surface area (Å²) in [6, 6.07) is 0. The molecular weight excluding hydrogens is 146 g/mol. The Balaban J connectivity index is 4.23. The van der Waals surface area contributed by atoms with Gasteiger partial charge in [0.15, 0.2) is 0 Å². The normalized spacial score (nSPS) is 10.2. The van der Waals surface area contributed by atoms with Crippen LogP contribution < -0.4 is 4.72 Å². The fourth-order valence-corrected chi connectivity index (χ4v) is 0.490. The van der Waals surface area contributed by atoms with Gasteiger partial charge < -0.3 is 5.11 Å². The topological polar surface area (TPSA) is 83.5 Å². The first-order valence-corrected chi connectivity index (χ1v) is 3.41. The van der Waals surface area contributed by atoms with Gasteiger partial charge in [-0.05, 0) is 0 Å². The van der Waals surface area contributed by atoms with Crippen LogP contribution in [0.2, 0.25) is 0 Å². The molecule has 0 fully saturated rings. The second-order valence-corrected chi connectivity index (χ2v) is 2.75. The van der Waals surface area contributed by atoms with Gasteiger partial charge in [-0.15, -0.1) is 0 Å². The highest BCUT2D eigenvalue weighted by atomic mass is 32.2. The van der Waals surface area contributed by atoms with Gasteiger partial charge in [0.1, 0.15) is 0 Å². The maximum absolute atomic E-state index is 10.2. The third kappa shape index (κ3) is 3.53. The molecule has 9 heavy (non-hydrogen) atoms. The van der Waals surface area contributed by atoms with E-state index in [2.05, 4.69) is 6.58 Å². The van der Waals surface area contributed by atoms with E-state index in [1.165, 1.54) is 4.72 Å². The molecule has 0 saturated carbocycles. The van der Waals surface area contributed by atoms with Gasteiger partial charge >= 0.3 is 6.09 Å². The van der Waals surface area contributed by atoms with E-state index in [1.54, 1.807) is 0 Å². The molecule has 0 aromatic carbocycles. The molecule has 0 heterocycles. The van der Waals surface area contributed by atoms with Crippen molar-refractivity contribution in [3.05, 3.63) is 12.0 Å². The zero-order chi connectivity index (χ0) is 7.49. The maximum Gasteiger partial charge on any atom is 0.418 e. The second kappa shape index (κ2) is 2.49. The Labute approximate surface area is 52.0 Å². The van der Waals surface area contributed by atoms with Gasteiger partial charge in [0.25, 0.3) is 10.0 Å². The summed E-state index contributed by atoms with van der Waals surface area (Å²) in [5.74, 6) is 0. The van der Waals surface area contributed by atoms with Gasteiger partial charge in [-0.1, -0.05) is 6.58 Å². The highest BCUT2D eigenvalue weighted by molar-refractivity contribution is 7.92. The highest BCUT2D eigenvalue weighted by Crippen LogP contribution is 1.81. The lowest BCUT2D eigenvalue weighted by Gasteiger charge is -1.93. The van der Waals surface area contributed by atoms with Crippen molar-refractivity contribution in [3.8, 4) is 0 Å². The molecule has 0 atom stereocenters. The Morgan fingerprint density at radius 1 is 1.67 bits per heavy atom. The van der Waals surface area contributed by atoms with Gasteiger partial charge in [-0.2, -0.15) is 0 Å². The Morgan fingerprint density at radius 2 is 2.11 bits per heavy atom. The summed E-state index contributed by atoms with van der Waals surface area (Å²) in [6.45, 7) is 2.87. The first-order valence-electron chi connectivity index (χ1n) is 1.86. The minimum absolute atomic E-state index is 0.515. The first kappa shape index (κ1) is 7.96. The standard InChI is InChI=1S/C3H5NO4S/c1-2-9(7,8)4-3(5)6/h2,4H,1H2,(H,5,6). The van der Waals surface area contributed by atoms with Crippen LogP contribution in [0.15, 0.2) is 12.0 Å². The predicted molar refractivity (Wildman–Crippen MR) is 30.3 cm³/mol. The van der Waals surface area contributed by atoms with E-state index in [-0.39, 0.29) is 0 Å². The van der Waals surface area contributed by atoms with Crippen molar-refractivity contribution in [3.63, 3.8) is 0 Å². The van der Waals surface area contributed by atoms with Crippen LogP contribution in [-0.4, -0.2) is 19.6 Å². The van der Waals surface area contributed by atoms with Crippen LogP contribution >= 0.6 is 0 Å². The monoisotopic (exact) mass is 151 g/mol. The van der Waals surface area contributed by atoms with Crippen LogP contribution in [0.25, 0.3) is 0 Å². The molecule has 0 spiro atoms. The van der Waals surface area contributed by atoms with Crippen molar-refractivity contribution in [1.29, 1.82) is 0 Å². The zero-order valence-corrected chi connectivity index (χ0v) is 5.18. The third-order valence-corrected chi connectivity index (χ3v) is 1.35. The molecule has 0 rings (SSSR count). The molecule has 52 valence electrons. The van der Waals surface area contributed by atoms with Crippen LogP contribution in [0, 0.1) is 0 Å². The summed E-state index contributed by atoms with van der Waals surface area (Å²) in [5, 5.41) is 8.36. The molecule has 0 unspecified atom stereocenters. The second-order valence-electron chi connectivity index (χ2n) is 1.12. The fourth-order valence-electron chi connectivity index (χ4n) is 0.163. The number of amides is 1. The van der Waals surface area contributed by atoms with Crippen molar-refractivity contribution in [2.75, 3.05) is 0 Å². The molecule has 0 aromatic heterocycles. The maximum atomic E-state index is 10.2.